The summed E-state index contributed by atoms with van der Waals surface area (Å²) in [5, 5.41) is 4.16. The molecule has 2 aromatic heterocycles. The molecule has 0 saturated carbocycles. The monoisotopic (exact) mass is 222 g/mol. The fourth-order valence-corrected chi connectivity index (χ4v) is 1.07. The van der Waals surface area contributed by atoms with Crippen LogP contribution < -0.4 is 5.43 Å². The number of hydrogen-bond acceptors (Lipinski definition) is 5. The van der Waals surface area contributed by atoms with E-state index in [9.17, 15) is 0 Å². The molecule has 0 unspecified atom stereocenters. The second-order valence-electron chi connectivity index (χ2n) is 2.58. The SMILES string of the molecule is Clc1nccnc1N/N=C/c1ccco1. The molecule has 5 nitrogen and oxygen atoms in total. The third kappa shape index (κ3) is 2.54. The molecule has 0 bridgehead atoms. The van der Waals surface area contributed by atoms with Crippen molar-refractivity contribution in [1.29, 1.82) is 0 Å². The summed E-state index contributed by atoms with van der Waals surface area (Å²) in [5.41, 5.74) is 2.66. The molecule has 0 aliphatic carbocycles. The maximum Gasteiger partial charge on any atom is 0.184 e. The highest BCUT2D eigenvalue weighted by Gasteiger charge is 1.98. The van der Waals surface area contributed by atoms with Crippen LogP contribution in [0.1, 0.15) is 5.76 Å². The molecule has 0 aromatic carbocycles. The molecule has 0 radical (unpaired) electrons. The van der Waals surface area contributed by atoms with Crippen molar-refractivity contribution in [2.24, 2.45) is 5.10 Å². The van der Waals surface area contributed by atoms with Gasteiger partial charge in [-0.05, 0) is 12.1 Å². The van der Waals surface area contributed by atoms with Crippen LogP contribution in [0.4, 0.5) is 5.82 Å². The molecule has 1 N–H and O–H groups in total. The minimum absolute atomic E-state index is 0.272. The highest BCUT2D eigenvalue weighted by Crippen LogP contribution is 2.13. The van der Waals surface area contributed by atoms with Gasteiger partial charge in [-0.1, -0.05) is 11.6 Å². The van der Waals surface area contributed by atoms with Gasteiger partial charge in [-0.25, -0.2) is 9.97 Å². The van der Waals surface area contributed by atoms with Crippen LogP contribution in [0.25, 0.3) is 0 Å². The first-order chi connectivity index (χ1) is 7.36. The van der Waals surface area contributed by atoms with Crippen molar-refractivity contribution in [3.8, 4) is 0 Å². The molecular weight excluding hydrogens is 216 g/mol. The van der Waals surface area contributed by atoms with Crippen molar-refractivity contribution in [3.63, 3.8) is 0 Å². The first-order valence-electron chi connectivity index (χ1n) is 4.15. The molecule has 0 amide bonds. The summed E-state index contributed by atoms with van der Waals surface area (Å²) in [6.45, 7) is 0. The topological polar surface area (TPSA) is 63.3 Å². The van der Waals surface area contributed by atoms with E-state index in [1.807, 2.05) is 0 Å². The highest BCUT2D eigenvalue weighted by atomic mass is 35.5. The molecule has 2 heterocycles. The summed E-state index contributed by atoms with van der Waals surface area (Å²) < 4.78 is 5.04. The normalized spacial score (nSPS) is 10.7. The molecule has 0 aliphatic heterocycles. The molecule has 0 aliphatic rings. The van der Waals surface area contributed by atoms with E-state index in [0.29, 0.717) is 11.6 Å². The van der Waals surface area contributed by atoms with Crippen molar-refractivity contribution in [2.45, 2.75) is 0 Å². The third-order valence-corrected chi connectivity index (χ3v) is 1.84. The predicted molar refractivity (Wildman–Crippen MR) is 57.0 cm³/mol. The largest absolute Gasteiger partial charge is 0.463 e. The summed E-state index contributed by atoms with van der Waals surface area (Å²) in [5.74, 6) is 1.05. The number of aromatic nitrogens is 2. The van der Waals surface area contributed by atoms with Gasteiger partial charge in [0.2, 0.25) is 0 Å². The Morgan fingerprint density at radius 3 is 3.00 bits per heavy atom. The first-order valence-corrected chi connectivity index (χ1v) is 4.53. The number of anilines is 1. The summed E-state index contributed by atoms with van der Waals surface area (Å²) in [7, 11) is 0. The number of nitrogens with zero attached hydrogens (tertiary/aromatic N) is 3. The lowest BCUT2D eigenvalue weighted by atomic mass is 10.5. The molecule has 0 fully saturated rings. The van der Waals surface area contributed by atoms with Crippen LogP contribution in [-0.2, 0) is 0 Å². The van der Waals surface area contributed by atoms with Gasteiger partial charge >= 0.3 is 0 Å². The minimum Gasteiger partial charge on any atom is -0.463 e. The van der Waals surface area contributed by atoms with Gasteiger partial charge in [0.25, 0.3) is 0 Å². The van der Waals surface area contributed by atoms with Crippen LogP contribution in [0.5, 0.6) is 0 Å². The van der Waals surface area contributed by atoms with E-state index in [-0.39, 0.29) is 5.15 Å². The summed E-state index contributed by atoms with van der Waals surface area (Å²) in [6, 6.07) is 3.56. The van der Waals surface area contributed by atoms with E-state index in [4.69, 9.17) is 16.0 Å². The summed E-state index contributed by atoms with van der Waals surface area (Å²) in [6.07, 6.45) is 6.11. The van der Waals surface area contributed by atoms with Gasteiger partial charge in [-0.15, -0.1) is 0 Å². The molecule has 0 saturated heterocycles. The van der Waals surface area contributed by atoms with Crippen molar-refractivity contribution in [2.75, 3.05) is 5.43 Å². The van der Waals surface area contributed by atoms with Gasteiger partial charge < -0.3 is 4.42 Å². The van der Waals surface area contributed by atoms with Crippen LogP contribution in [-0.4, -0.2) is 16.2 Å². The van der Waals surface area contributed by atoms with Gasteiger partial charge in [-0.3, -0.25) is 5.43 Å². The molecule has 0 spiro atoms. The Bertz CT molecular complexity index is 455. The number of nitrogens with one attached hydrogen (secondary N) is 1. The molecule has 2 rings (SSSR count). The van der Waals surface area contributed by atoms with Gasteiger partial charge in [0.15, 0.2) is 11.0 Å². The molecule has 6 heteroatoms. The lowest BCUT2D eigenvalue weighted by Gasteiger charge is -1.98. The molecule has 2 aromatic rings. The Balaban J connectivity index is 2.02. The van der Waals surface area contributed by atoms with E-state index in [1.165, 1.54) is 18.6 Å². The van der Waals surface area contributed by atoms with E-state index in [0.717, 1.165) is 0 Å². The molecular formula is C9H7ClN4O. The smallest absolute Gasteiger partial charge is 0.184 e. The molecule has 0 atom stereocenters. The quantitative estimate of drug-likeness (QED) is 0.639. The Morgan fingerprint density at radius 1 is 1.40 bits per heavy atom. The fourth-order valence-electron chi connectivity index (χ4n) is 0.918. The average Bonchev–Trinajstić information content (AvgIpc) is 2.74. The van der Waals surface area contributed by atoms with Crippen LogP contribution >= 0.6 is 11.6 Å². The number of hydrogen-bond donors (Lipinski definition) is 1. The second kappa shape index (κ2) is 4.56. The summed E-state index contributed by atoms with van der Waals surface area (Å²) in [4.78, 5) is 7.79. The predicted octanol–water partition coefficient (Wildman–Crippen LogP) is 2.17. The first kappa shape index (κ1) is 9.67. The lowest BCUT2D eigenvalue weighted by molar-refractivity contribution is 0.560. The van der Waals surface area contributed by atoms with Crippen molar-refractivity contribution in [1.82, 2.24) is 9.97 Å². The maximum absolute atomic E-state index is 5.75. The van der Waals surface area contributed by atoms with Gasteiger partial charge in [0.05, 0.1) is 12.5 Å². The van der Waals surface area contributed by atoms with Gasteiger partial charge in [0, 0.05) is 12.4 Å². The van der Waals surface area contributed by atoms with Crippen molar-refractivity contribution >= 4 is 23.6 Å². The Labute approximate surface area is 90.8 Å². The average molecular weight is 223 g/mol. The van der Waals surface area contributed by atoms with E-state index < -0.39 is 0 Å². The molecule has 15 heavy (non-hydrogen) atoms. The molecule has 76 valence electrons. The zero-order chi connectivity index (χ0) is 10.5. The minimum atomic E-state index is 0.272. The van der Waals surface area contributed by atoms with E-state index >= 15 is 0 Å². The van der Waals surface area contributed by atoms with Crippen molar-refractivity contribution in [3.05, 3.63) is 41.7 Å². The second-order valence-corrected chi connectivity index (χ2v) is 2.94. The van der Waals surface area contributed by atoms with Crippen LogP contribution in [0, 0.1) is 0 Å². The summed E-state index contributed by atoms with van der Waals surface area (Å²) >= 11 is 5.75. The Kier molecular flexibility index (Phi) is 2.94. The van der Waals surface area contributed by atoms with E-state index in [2.05, 4.69) is 20.5 Å². The number of rotatable bonds is 3. The Hall–Kier alpha value is -1.88. The van der Waals surface area contributed by atoms with Crippen LogP contribution in [0.3, 0.4) is 0 Å². The van der Waals surface area contributed by atoms with Crippen LogP contribution in [0.2, 0.25) is 5.15 Å². The maximum atomic E-state index is 5.75. The number of halogens is 1. The van der Waals surface area contributed by atoms with Crippen LogP contribution in [0.15, 0.2) is 40.3 Å². The van der Waals surface area contributed by atoms with E-state index in [1.54, 1.807) is 18.4 Å². The lowest BCUT2D eigenvalue weighted by Crippen LogP contribution is -1.94. The van der Waals surface area contributed by atoms with Crippen molar-refractivity contribution < 1.29 is 4.42 Å². The number of furan rings is 1. The Morgan fingerprint density at radius 2 is 2.27 bits per heavy atom. The standard InChI is InChI=1S/C9H7ClN4O/c10-8-9(12-4-3-11-8)14-13-6-7-2-1-5-15-7/h1-6H,(H,12,14)/b13-6+. The zero-order valence-corrected chi connectivity index (χ0v) is 8.35. The fraction of sp³-hybridized carbons (Fsp3) is 0. The van der Waals surface area contributed by atoms with Gasteiger partial charge in [-0.2, -0.15) is 5.10 Å². The zero-order valence-electron chi connectivity index (χ0n) is 7.59. The number of hydrazone groups is 1. The third-order valence-electron chi connectivity index (χ3n) is 1.56. The van der Waals surface area contributed by atoms with Gasteiger partial charge in [0.1, 0.15) is 5.76 Å². The highest BCUT2D eigenvalue weighted by molar-refractivity contribution is 6.31.